The molecule has 0 spiro atoms. The van der Waals surface area contributed by atoms with Crippen molar-refractivity contribution in [1.82, 2.24) is 14.5 Å². The molecule has 1 aliphatic heterocycles. The van der Waals surface area contributed by atoms with E-state index in [1.54, 1.807) is 0 Å². The maximum Gasteiger partial charge on any atom is 0.128 e. The van der Waals surface area contributed by atoms with Gasteiger partial charge in [-0.1, -0.05) is 0 Å². The summed E-state index contributed by atoms with van der Waals surface area (Å²) in [6, 6.07) is 0.621. The number of imidazole rings is 1. The van der Waals surface area contributed by atoms with Gasteiger partial charge in [-0.2, -0.15) is 0 Å². The van der Waals surface area contributed by atoms with Crippen molar-refractivity contribution in [2.75, 3.05) is 6.54 Å². The maximum atomic E-state index is 4.24. The Hall–Kier alpha value is -0.350. The first kappa shape index (κ1) is 9.21. The molecule has 0 saturated heterocycles. The number of fused-ring (bicyclic) bond motifs is 1. The number of hydrogen-bond donors (Lipinski definition) is 0. The molecule has 0 saturated carbocycles. The van der Waals surface area contributed by atoms with Crippen LogP contribution in [0, 0.1) is 0 Å². The number of nitrogens with zero attached hydrogens (tertiary/aromatic N) is 3. The first-order chi connectivity index (χ1) is 6.18. The van der Waals surface area contributed by atoms with Crippen LogP contribution in [-0.2, 0) is 13.1 Å². The molecule has 1 aliphatic rings. The minimum Gasteiger partial charge on any atom is -0.331 e. The van der Waals surface area contributed by atoms with E-state index in [1.807, 2.05) is 6.33 Å². The summed E-state index contributed by atoms with van der Waals surface area (Å²) in [5, 5.41) is 0. The van der Waals surface area contributed by atoms with Crippen LogP contribution in [0.25, 0.3) is 0 Å². The summed E-state index contributed by atoms with van der Waals surface area (Å²) in [5.41, 5.74) is 1.31. The van der Waals surface area contributed by atoms with E-state index in [0.29, 0.717) is 6.04 Å². The third-order valence-electron chi connectivity index (χ3n) is 2.61. The van der Waals surface area contributed by atoms with Crippen LogP contribution in [0.4, 0.5) is 0 Å². The van der Waals surface area contributed by atoms with Gasteiger partial charge < -0.3 is 4.57 Å². The quantitative estimate of drug-likeness (QED) is 0.752. The first-order valence-corrected chi connectivity index (χ1v) is 5.41. The Morgan fingerprint density at radius 3 is 2.92 bits per heavy atom. The van der Waals surface area contributed by atoms with E-state index in [-0.39, 0.29) is 0 Å². The fourth-order valence-corrected chi connectivity index (χ4v) is 2.12. The number of halogens is 1. The zero-order valence-electron chi connectivity index (χ0n) is 8.00. The van der Waals surface area contributed by atoms with Gasteiger partial charge in [0, 0.05) is 25.7 Å². The van der Waals surface area contributed by atoms with Crippen LogP contribution in [0.15, 0.2) is 10.9 Å². The molecule has 3 nitrogen and oxygen atoms in total. The van der Waals surface area contributed by atoms with Crippen LogP contribution < -0.4 is 0 Å². The van der Waals surface area contributed by atoms with E-state index in [4.69, 9.17) is 0 Å². The number of rotatable bonds is 1. The molecule has 0 amide bonds. The highest BCUT2D eigenvalue weighted by Gasteiger charge is 2.20. The Morgan fingerprint density at radius 1 is 1.46 bits per heavy atom. The molecule has 1 aromatic rings. The Labute approximate surface area is 86.9 Å². The lowest BCUT2D eigenvalue weighted by Gasteiger charge is -2.31. The van der Waals surface area contributed by atoms with Gasteiger partial charge in [0.15, 0.2) is 0 Å². The molecule has 0 aromatic carbocycles. The van der Waals surface area contributed by atoms with Crippen LogP contribution in [0.2, 0.25) is 0 Å². The van der Waals surface area contributed by atoms with Crippen molar-refractivity contribution in [3.05, 3.63) is 16.6 Å². The molecule has 4 heteroatoms. The summed E-state index contributed by atoms with van der Waals surface area (Å²) in [6.07, 6.45) is 1.91. The monoisotopic (exact) mass is 243 g/mol. The van der Waals surface area contributed by atoms with Gasteiger partial charge in [-0.25, -0.2) is 4.98 Å². The SMILES string of the molecule is CC(C)N1CCn2cnc(Br)c2C1. The van der Waals surface area contributed by atoms with E-state index >= 15 is 0 Å². The standard InChI is InChI=1S/C9H14BrN3/c1-7(2)12-3-4-13-6-11-9(10)8(13)5-12/h6-7H,3-5H2,1-2H3. The molecule has 0 atom stereocenters. The maximum absolute atomic E-state index is 4.24. The van der Waals surface area contributed by atoms with Crippen molar-refractivity contribution in [3.8, 4) is 0 Å². The predicted molar refractivity (Wildman–Crippen MR) is 55.5 cm³/mol. The van der Waals surface area contributed by atoms with Crippen molar-refractivity contribution in [1.29, 1.82) is 0 Å². The molecule has 0 radical (unpaired) electrons. The van der Waals surface area contributed by atoms with Crippen LogP contribution in [0.5, 0.6) is 0 Å². The van der Waals surface area contributed by atoms with Gasteiger partial charge in [-0.15, -0.1) is 0 Å². The lowest BCUT2D eigenvalue weighted by Crippen LogP contribution is -2.37. The molecular weight excluding hydrogens is 230 g/mol. The van der Waals surface area contributed by atoms with E-state index in [9.17, 15) is 0 Å². The van der Waals surface area contributed by atoms with E-state index in [1.165, 1.54) is 5.69 Å². The third kappa shape index (κ3) is 1.65. The van der Waals surface area contributed by atoms with Gasteiger partial charge in [0.2, 0.25) is 0 Å². The molecule has 13 heavy (non-hydrogen) atoms. The normalized spacial score (nSPS) is 17.8. The lowest BCUT2D eigenvalue weighted by atomic mass is 10.2. The molecule has 2 heterocycles. The molecule has 2 rings (SSSR count). The summed E-state index contributed by atoms with van der Waals surface area (Å²) in [5.74, 6) is 0. The molecule has 0 fully saturated rings. The molecular formula is C9H14BrN3. The predicted octanol–water partition coefficient (Wildman–Crippen LogP) is 1.87. The minimum absolute atomic E-state index is 0.621. The Balaban J connectivity index is 2.22. The molecule has 72 valence electrons. The lowest BCUT2D eigenvalue weighted by molar-refractivity contribution is 0.176. The molecule has 1 aromatic heterocycles. The van der Waals surface area contributed by atoms with Crippen LogP contribution in [0.1, 0.15) is 19.5 Å². The summed E-state index contributed by atoms with van der Waals surface area (Å²) in [7, 11) is 0. The summed E-state index contributed by atoms with van der Waals surface area (Å²) < 4.78 is 3.22. The van der Waals surface area contributed by atoms with E-state index in [2.05, 4.69) is 44.2 Å². The summed E-state index contributed by atoms with van der Waals surface area (Å²) in [6.45, 7) is 7.68. The molecule has 0 bridgehead atoms. The Bertz CT molecular complexity index is 306. The zero-order valence-corrected chi connectivity index (χ0v) is 9.58. The zero-order chi connectivity index (χ0) is 9.42. The van der Waals surface area contributed by atoms with Crippen molar-refractivity contribution in [2.45, 2.75) is 33.0 Å². The van der Waals surface area contributed by atoms with Gasteiger partial charge in [-0.3, -0.25) is 4.90 Å². The first-order valence-electron chi connectivity index (χ1n) is 4.62. The summed E-state index contributed by atoms with van der Waals surface area (Å²) in [4.78, 5) is 6.71. The largest absolute Gasteiger partial charge is 0.331 e. The van der Waals surface area contributed by atoms with Crippen molar-refractivity contribution in [2.24, 2.45) is 0 Å². The van der Waals surface area contributed by atoms with Crippen molar-refractivity contribution >= 4 is 15.9 Å². The topological polar surface area (TPSA) is 21.1 Å². The van der Waals surface area contributed by atoms with Crippen LogP contribution in [-0.4, -0.2) is 27.0 Å². The Kier molecular flexibility index (Phi) is 2.43. The minimum atomic E-state index is 0.621. The van der Waals surface area contributed by atoms with Gasteiger partial charge in [0.25, 0.3) is 0 Å². The molecule has 0 aliphatic carbocycles. The van der Waals surface area contributed by atoms with E-state index < -0.39 is 0 Å². The number of aromatic nitrogens is 2. The fraction of sp³-hybridized carbons (Fsp3) is 0.667. The highest BCUT2D eigenvalue weighted by Crippen LogP contribution is 2.21. The second-order valence-electron chi connectivity index (χ2n) is 3.74. The average molecular weight is 244 g/mol. The van der Waals surface area contributed by atoms with Crippen LogP contribution in [0.3, 0.4) is 0 Å². The molecule has 0 unspecified atom stereocenters. The summed E-state index contributed by atoms with van der Waals surface area (Å²) >= 11 is 3.47. The second kappa shape index (κ2) is 3.42. The Morgan fingerprint density at radius 2 is 2.23 bits per heavy atom. The highest BCUT2D eigenvalue weighted by molar-refractivity contribution is 9.10. The van der Waals surface area contributed by atoms with Gasteiger partial charge >= 0.3 is 0 Å². The van der Waals surface area contributed by atoms with Gasteiger partial charge in [0.05, 0.1) is 12.0 Å². The van der Waals surface area contributed by atoms with Gasteiger partial charge in [0.1, 0.15) is 4.60 Å². The fourth-order valence-electron chi connectivity index (χ4n) is 1.68. The third-order valence-corrected chi connectivity index (χ3v) is 3.27. The average Bonchev–Trinajstić information content (AvgIpc) is 2.47. The second-order valence-corrected chi connectivity index (χ2v) is 4.49. The van der Waals surface area contributed by atoms with Gasteiger partial charge in [-0.05, 0) is 29.8 Å². The van der Waals surface area contributed by atoms with Crippen molar-refractivity contribution < 1.29 is 0 Å². The highest BCUT2D eigenvalue weighted by atomic mass is 79.9. The smallest absolute Gasteiger partial charge is 0.128 e. The van der Waals surface area contributed by atoms with Crippen molar-refractivity contribution in [3.63, 3.8) is 0 Å². The van der Waals surface area contributed by atoms with Crippen LogP contribution >= 0.6 is 15.9 Å². The molecule has 0 N–H and O–H groups in total. The number of hydrogen-bond acceptors (Lipinski definition) is 2. The van der Waals surface area contributed by atoms with E-state index in [0.717, 1.165) is 24.2 Å².